The number of ether oxygens (including phenoxy) is 1. The quantitative estimate of drug-likeness (QED) is 0.888. The zero-order valence-electron chi connectivity index (χ0n) is 11.0. The van der Waals surface area contributed by atoms with E-state index in [9.17, 15) is 0 Å². The van der Waals surface area contributed by atoms with Crippen LogP contribution in [0.2, 0.25) is 5.02 Å². The van der Waals surface area contributed by atoms with Gasteiger partial charge in [0.05, 0.1) is 0 Å². The molecule has 0 radical (unpaired) electrons. The van der Waals surface area contributed by atoms with Gasteiger partial charge in [-0.2, -0.15) is 0 Å². The first kappa shape index (κ1) is 13.9. The van der Waals surface area contributed by atoms with Crippen molar-refractivity contribution in [2.24, 2.45) is 5.73 Å². The SMILES string of the molecule is CCc1cccc(Oc2cccc(Cl)c2CCN)c1. The van der Waals surface area contributed by atoms with Gasteiger partial charge in [-0.15, -0.1) is 0 Å². The van der Waals surface area contributed by atoms with E-state index in [1.165, 1.54) is 5.56 Å². The average molecular weight is 276 g/mol. The highest BCUT2D eigenvalue weighted by molar-refractivity contribution is 6.31. The molecule has 0 saturated heterocycles. The number of hydrogen-bond acceptors (Lipinski definition) is 2. The first-order valence-electron chi connectivity index (χ1n) is 6.49. The van der Waals surface area contributed by atoms with E-state index >= 15 is 0 Å². The maximum Gasteiger partial charge on any atom is 0.132 e. The van der Waals surface area contributed by atoms with E-state index in [-0.39, 0.29) is 0 Å². The van der Waals surface area contributed by atoms with Crippen LogP contribution in [0.3, 0.4) is 0 Å². The fourth-order valence-electron chi connectivity index (χ4n) is 1.98. The van der Waals surface area contributed by atoms with Crippen molar-refractivity contribution < 1.29 is 4.74 Å². The molecule has 3 heteroatoms. The summed E-state index contributed by atoms with van der Waals surface area (Å²) in [5.74, 6) is 1.62. The van der Waals surface area contributed by atoms with Crippen LogP contribution in [-0.4, -0.2) is 6.54 Å². The molecule has 19 heavy (non-hydrogen) atoms. The lowest BCUT2D eigenvalue weighted by atomic mass is 10.1. The van der Waals surface area contributed by atoms with E-state index in [0.717, 1.165) is 23.5 Å². The van der Waals surface area contributed by atoms with Gasteiger partial charge in [0, 0.05) is 10.6 Å². The minimum absolute atomic E-state index is 0.551. The predicted octanol–water partition coefficient (Wildman–Crippen LogP) is 4.20. The van der Waals surface area contributed by atoms with Crippen molar-refractivity contribution in [2.45, 2.75) is 19.8 Å². The molecule has 2 aromatic carbocycles. The Morgan fingerprint density at radius 2 is 1.95 bits per heavy atom. The van der Waals surface area contributed by atoms with Crippen LogP contribution in [-0.2, 0) is 12.8 Å². The third kappa shape index (κ3) is 3.49. The fraction of sp³-hybridized carbons (Fsp3) is 0.250. The summed E-state index contributed by atoms with van der Waals surface area (Å²) in [6, 6.07) is 13.8. The molecular formula is C16H18ClNO. The normalized spacial score (nSPS) is 10.5. The Bertz CT molecular complexity index is 554. The molecule has 0 fully saturated rings. The molecule has 0 saturated carbocycles. The molecule has 0 aliphatic rings. The zero-order chi connectivity index (χ0) is 13.7. The highest BCUT2D eigenvalue weighted by atomic mass is 35.5. The molecular weight excluding hydrogens is 258 g/mol. The maximum atomic E-state index is 6.20. The Kier molecular flexibility index (Phi) is 4.83. The first-order chi connectivity index (χ1) is 9.24. The number of rotatable bonds is 5. The summed E-state index contributed by atoms with van der Waals surface area (Å²) in [6.45, 7) is 2.67. The van der Waals surface area contributed by atoms with Crippen LogP contribution in [0.5, 0.6) is 11.5 Å². The van der Waals surface area contributed by atoms with E-state index in [1.54, 1.807) is 0 Å². The zero-order valence-corrected chi connectivity index (χ0v) is 11.8. The van der Waals surface area contributed by atoms with Crippen LogP contribution in [0.4, 0.5) is 0 Å². The second-order valence-electron chi connectivity index (χ2n) is 4.36. The molecule has 2 nitrogen and oxygen atoms in total. The summed E-state index contributed by atoms with van der Waals surface area (Å²) in [5, 5.41) is 0.703. The Hall–Kier alpha value is -1.51. The first-order valence-corrected chi connectivity index (χ1v) is 6.86. The van der Waals surface area contributed by atoms with E-state index in [2.05, 4.69) is 13.0 Å². The van der Waals surface area contributed by atoms with Crippen LogP contribution >= 0.6 is 11.6 Å². The van der Waals surface area contributed by atoms with Gasteiger partial charge in [0.2, 0.25) is 0 Å². The maximum absolute atomic E-state index is 6.20. The van der Waals surface area contributed by atoms with Gasteiger partial charge in [-0.25, -0.2) is 0 Å². The Morgan fingerprint density at radius 3 is 2.68 bits per heavy atom. The number of benzene rings is 2. The van der Waals surface area contributed by atoms with E-state index < -0.39 is 0 Å². The van der Waals surface area contributed by atoms with Gasteiger partial charge in [0.1, 0.15) is 11.5 Å². The number of nitrogens with two attached hydrogens (primary N) is 1. The minimum atomic E-state index is 0.551. The average Bonchev–Trinajstić information content (AvgIpc) is 2.43. The summed E-state index contributed by atoms with van der Waals surface area (Å²) in [7, 11) is 0. The molecule has 2 N–H and O–H groups in total. The van der Waals surface area contributed by atoms with E-state index in [0.29, 0.717) is 18.0 Å². The molecule has 0 spiro atoms. The number of halogens is 1. The van der Waals surface area contributed by atoms with Gasteiger partial charge in [0.15, 0.2) is 0 Å². The molecule has 0 heterocycles. The van der Waals surface area contributed by atoms with Crippen molar-refractivity contribution in [3.05, 3.63) is 58.6 Å². The molecule has 2 aromatic rings. The molecule has 0 bridgehead atoms. The third-order valence-electron chi connectivity index (χ3n) is 3.00. The van der Waals surface area contributed by atoms with Crippen molar-refractivity contribution in [2.75, 3.05) is 6.54 Å². The van der Waals surface area contributed by atoms with Gasteiger partial charge in [0.25, 0.3) is 0 Å². The summed E-state index contributed by atoms with van der Waals surface area (Å²) in [4.78, 5) is 0. The predicted molar refractivity (Wildman–Crippen MR) is 80.1 cm³/mol. The molecule has 0 atom stereocenters. The van der Waals surface area contributed by atoms with Crippen LogP contribution in [0.1, 0.15) is 18.1 Å². The second-order valence-corrected chi connectivity index (χ2v) is 4.77. The van der Waals surface area contributed by atoms with E-state index in [1.807, 2.05) is 36.4 Å². The molecule has 0 aliphatic heterocycles. The Balaban J connectivity index is 2.29. The molecule has 0 unspecified atom stereocenters. The van der Waals surface area contributed by atoms with Crippen LogP contribution < -0.4 is 10.5 Å². The molecule has 2 rings (SSSR count). The molecule has 0 amide bonds. The standard InChI is InChI=1S/C16H18ClNO/c1-2-12-5-3-6-13(11-12)19-16-8-4-7-15(17)14(16)9-10-18/h3-8,11H,2,9-10,18H2,1H3. The van der Waals surface area contributed by atoms with Crippen molar-refractivity contribution in [1.82, 2.24) is 0 Å². The smallest absolute Gasteiger partial charge is 0.132 e. The van der Waals surface area contributed by atoms with Crippen molar-refractivity contribution >= 4 is 11.6 Å². The van der Waals surface area contributed by atoms with Gasteiger partial charge in [-0.1, -0.05) is 36.7 Å². The van der Waals surface area contributed by atoms with Gasteiger partial charge in [-0.3, -0.25) is 0 Å². The lowest BCUT2D eigenvalue weighted by Crippen LogP contribution is -2.04. The lowest BCUT2D eigenvalue weighted by Gasteiger charge is -2.12. The number of hydrogen-bond donors (Lipinski definition) is 1. The topological polar surface area (TPSA) is 35.2 Å². The Morgan fingerprint density at radius 1 is 1.16 bits per heavy atom. The minimum Gasteiger partial charge on any atom is -0.457 e. The fourth-order valence-corrected chi connectivity index (χ4v) is 2.24. The number of aryl methyl sites for hydroxylation is 1. The van der Waals surface area contributed by atoms with Crippen molar-refractivity contribution in [3.8, 4) is 11.5 Å². The molecule has 100 valence electrons. The van der Waals surface area contributed by atoms with Crippen LogP contribution in [0.25, 0.3) is 0 Å². The Labute approximate surface area is 119 Å². The molecule has 0 aliphatic carbocycles. The van der Waals surface area contributed by atoms with Crippen LogP contribution in [0, 0.1) is 0 Å². The summed E-state index contributed by atoms with van der Waals surface area (Å²) in [5.41, 5.74) is 7.84. The van der Waals surface area contributed by atoms with Gasteiger partial charge >= 0.3 is 0 Å². The highest BCUT2D eigenvalue weighted by Gasteiger charge is 2.08. The van der Waals surface area contributed by atoms with Crippen molar-refractivity contribution in [1.29, 1.82) is 0 Å². The van der Waals surface area contributed by atoms with E-state index in [4.69, 9.17) is 22.1 Å². The molecule has 0 aromatic heterocycles. The lowest BCUT2D eigenvalue weighted by molar-refractivity contribution is 0.475. The largest absolute Gasteiger partial charge is 0.457 e. The summed E-state index contributed by atoms with van der Waals surface area (Å²) in [6.07, 6.45) is 1.70. The van der Waals surface area contributed by atoms with Crippen LogP contribution in [0.15, 0.2) is 42.5 Å². The van der Waals surface area contributed by atoms with Crippen molar-refractivity contribution in [3.63, 3.8) is 0 Å². The highest BCUT2D eigenvalue weighted by Crippen LogP contribution is 2.31. The van der Waals surface area contributed by atoms with Gasteiger partial charge in [-0.05, 0) is 49.2 Å². The second kappa shape index (κ2) is 6.60. The summed E-state index contributed by atoms with van der Waals surface area (Å²) >= 11 is 6.20. The van der Waals surface area contributed by atoms with Gasteiger partial charge < -0.3 is 10.5 Å². The summed E-state index contributed by atoms with van der Waals surface area (Å²) < 4.78 is 5.95. The monoisotopic (exact) mass is 275 g/mol. The third-order valence-corrected chi connectivity index (χ3v) is 3.36.